The van der Waals surface area contributed by atoms with Gasteiger partial charge in [-0.3, -0.25) is 0 Å². The first-order valence-electron chi connectivity index (χ1n) is 10.2. The summed E-state index contributed by atoms with van der Waals surface area (Å²) in [6, 6.07) is 7.55. The van der Waals surface area contributed by atoms with E-state index in [1.807, 2.05) is 13.8 Å². The Morgan fingerprint density at radius 2 is 1.97 bits per heavy atom. The van der Waals surface area contributed by atoms with Crippen LogP contribution in [0.1, 0.15) is 49.0 Å². The number of nitrogens with one attached hydrogen (secondary N) is 1. The zero-order valence-electron chi connectivity index (χ0n) is 17.3. The molecule has 0 saturated heterocycles. The molecule has 3 atom stereocenters. The number of phenols is 2. The molecule has 0 aliphatic heterocycles. The van der Waals surface area contributed by atoms with Crippen molar-refractivity contribution < 1.29 is 24.9 Å². The zero-order valence-corrected chi connectivity index (χ0v) is 18.8. The van der Waals surface area contributed by atoms with E-state index in [-0.39, 0.29) is 34.0 Å². The summed E-state index contributed by atoms with van der Waals surface area (Å²) in [4.78, 5) is 12.9. The topological polar surface area (TPSA) is 99.0 Å². The third kappa shape index (κ3) is 3.60. The van der Waals surface area contributed by atoms with Crippen molar-refractivity contribution in [2.24, 2.45) is 11.3 Å². The van der Waals surface area contributed by atoms with Crippen molar-refractivity contribution >= 4 is 34.9 Å². The molecule has 2 aliphatic carbocycles. The van der Waals surface area contributed by atoms with Crippen LogP contribution in [0.4, 0.5) is 5.69 Å². The fourth-order valence-corrected chi connectivity index (χ4v) is 5.66. The van der Waals surface area contributed by atoms with E-state index in [0.29, 0.717) is 35.0 Å². The molecule has 4 N–H and O–H groups in total. The highest BCUT2D eigenvalue weighted by Crippen LogP contribution is 2.62. The number of esters is 1. The SMILES string of the molecule is CC1(C)C2CCC1(OC(=O)c1ccc(NCc3cc(Cl)cc(Cl)c3O)cc1O)C(O)C2. The number of aliphatic hydroxyl groups is 1. The van der Waals surface area contributed by atoms with Crippen LogP contribution in [0.2, 0.25) is 10.0 Å². The summed E-state index contributed by atoms with van der Waals surface area (Å²) in [7, 11) is 0. The van der Waals surface area contributed by atoms with Crippen LogP contribution in [0.3, 0.4) is 0 Å². The first kappa shape index (κ1) is 22.1. The molecule has 4 rings (SSSR count). The minimum atomic E-state index is -0.929. The molecule has 31 heavy (non-hydrogen) atoms. The molecule has 8 heteroatoms. The van der Waals surface area contributed by atoms with Crippen LogP contribution < -0.4 is 5.32 Å². The van der Waals surface area contributed by atoms with Crippen molar-refractivity contribution in [2.75, 3.05) is 5.32 Å². The average molecular weight is 466 g/mol. The monoisotopic (exact) mass is 465 g/mol. The molecular formula is C23H25Cl2NO5. The molecule has 6 nitrogen and oxygen atoms in total. The molecule has 2 bridgehead atoms. The lowest BCUT2D eigenvalue weighted by Gasteiger charge is -2.39. The standard InChI is InChI=1S/C23H25Cl2NO5/c1-22(2)13-5-6-23(22,19(28)8-13)31-21(30)16-4-3-15(10-18(16)27)26-11-12-7-14(24)9-17(25)20(12)29/h3-4,7,9-10,13,19,26-29H,5-6,8,11H2,1-2H3. The molecule has 2 saturated carbocycles. The van der Waals surface area contributed by atoms with E-state index in [1.165, 1.54) is 18.2 Å². The largest absolute Gasteiger partial charge is 0.507 e. The third-order valence-corrected chi connectivity index (χ3v) is 7.61. The summed E-state index contributed by atoms with van der Waals surface area (Å²) in [6.07, 6.45) is 1.44. The molecule has 3 unspecified atom stereocenters. The molecule has 2 aliphatic rings. The molecule has 0 heterocycles. The lowest BCUT2D eigenvalue weighted by Crippen LogP contribution is -2.49. The maximum absolute atomic E-state index is 12.9. The van der Waals surface area contributed by atoms with E-state index in [2.05, 4.69) is 5.32 Å². The quantitative estimate of drug-likeness (QED) is 0.457. The summed E-state index contributed by atoms with van der Waals surface area (Å²) in [6.45, 7) is 4.26. The van der Waals surface area contributed by atoms with Crippen LogP contribution in [-0.4, -0.2) is 33.0 Å². The van der Waals surface area contributed by atoms with E-state index in [4.69, 9.17) is 27.9 Å². The molecule has 2 fully saturated rings. The van der Waals surface area contributed by atoms with Crippen LogP contribution >= 0.6 is 23.2 Å². The number of phenolic OH excluding ortho intramolecular Hbond substituents is 2. The fourth-order valence-electron chi connectivity index (χ4n) is 5.12. The van der Waals surface area contributed by atoms with Gasteiger partial charge < -0.3 is 25.4 Å². The summed E-state index contributed by atoms with van der Waals surface area (Å²) in [5.41, 5.74) is -0.189. The highest BCUT2D eigenvalue weighted by Gasteiger charge is 2.66. The van der Waals surface area contributed by atoms with Gasteiger partial charge in [-0.1, -0.05) is 37.0 Å². The highest BCUT2D eigenvalue weighted by atomic mass is 35.5. The number of ether oxygens (including phenoxy) is 1. The maximum Gasteiger partial charge on any atom is 0.342 e. The number of anilines is 1. The van der Waals surface area contributed by atoms with Crippen LogP contribution in [0.5, 0.6) is 11.5 Å². The Morgan fingerprint density at radius 3 is 2.58 bits per heavy atom. The Bertz CT molecular complexity index is 1040. The van der Waals surface area contributed by atoms with Gasteiger partial charge in [-0.25, -0.2) is 4.79 Å². The van der Waals surface area contributed by atoms with Crippen LogP contribution in [0, 0.1) is 11.3 Å². The summed E-state index contributed by atoms with van der Waals surface area (Å²) in [5.74, 6) is -0.653. The molecule has 0 aromatic heterocycles. The minimum absolute atomic E-state index is 0.0342. The van der Waals surface area contributed by atoms with E-state index in [1.54, 1.807) is 12.1 Å². The smallest absolute Gasteiger partial charge is 0.342 e. The predicted octanol–water partition coefficient (Wildman–Crippen LogP) is 5.11. The lowest BCUT2D eigenvalue weighted by molar-refractivity contribution is -0.114. The van der Waals surface area contributed by atoms with Gasteiger partial charge in [0.05, 0.1) is 11.1 Å². The second-order valence-electron chi connectivity index (χ2n) is 8.97. The van der Waals surface area contributed by atoms with Crippen molar-refractivity contribution in [1.29, 1.82) is 0 Å². The Hall–Kier alpha value is -2.15. The number of benzene rings is 2. The molecule has 2 aromatic rings. The van der Waals surface area contributed by atoms with Crippen molar-refractivity contribution in [2.45, 2.75) is 51.4 Å². The number of aliphatic hydroxyl groups excluding tert-OH is 1. The molecule has 0 radical (unpaired) electrons. The number of halogens is 2. The van der Waals surface area contributed by atoms with Crippen molar-refractivity contribution in [3.63, 3.8) is 0 Å². The Morgan fingerprint density at radius 1 is 1.23 bits per heavy atom. The molecule has 166 valence electrons. The normalized spacial score (nSPS) is 26.1. The summed E-state index contributed by atoms with van der Waals surface area (Å²) in [5, 5.41) is 34.7. The highest BCUT2D eigenvalue weighted by molar-refractivity contribution is 6.35. The lowest BCUT2D eigenvalue weighted by atomic mass is 9.78. The van der Waals surface area contributed by atoms with E-state index >= 15 is 0 Å². The Labute approximate surface area is 190 Å². The number of hydrogen-bond acceptors (Lipinski definition) is 6. The Kier molecular flexibility index (Phi) is 5.53. The van der Waals surface area contributed by atoms with Gasteiger partial charge in [-0.05, 0) is 49.4 Å². The first-order valence-corrected chi connectivity index (χ1v) is 11.0. The van der Waals surface area contributed by atoms with E-state index in [0.717, 1.165) is 6.42 Å². The average Bonchev–Trinajstić information content (AvgIpc) is 3.04. The van der Waals surface area contributed by atoms with E-state index < -0.39 is 17.7 Å². The number of aromatic hydroxyl groups is 2. The van der Waals surface area contributed by atoms with Gasteiger partial charge in [0.15, 0.2) is 0 Å². The van der Waals surface area contributed by atoms with Gasteiger partial charge in [-0.15, -0.1) is 0 Å². The molecule has 0 spiro atoms. The van der Waals surface area contributed by atoms with Gasteiger partial charge in [0.2, 0.25) is 0 Å². The van der Waals surface area contributed by atoms with Gasteiger partial charge in [-0.2, -0.15) is 0 Å². The van der Waals surface area contributed by atoms with Crippen molar-refractivity contribution in [3.8, 4) is 11.5 Å². The number of hydrogen-bond donors (Lipinski definition) is 4. The van der Waals surface area contributed by atoms with Gasteiger partial charge >= 0.3 is 5.97 Å². The minimum Gasteiger partial charge on any atom is -0.507 e. The number of fused-ring (bicyclic) bond motifs is 2. The van der Waals surface area contributed by atoms with Crippen LogP contribution in [0.25, 0.3) is 0 Å². The summed E-state index contributed by atoms with van der Waals surface area (Å²) >= 11 is 11.9. The molecule has 2 aromatic carbocycles. The van der Waals surface area contributed by atoms with Crippen molar-refractivity contribution in [3.05, 3.63) is 51.5 Å². The second-order valence-corrected chi connectivity index (χ2v) is 9.81. The second kappa shape index (κ2) is 7.76. The number of carbonyl (C=O) groups excluding carboxylic acids is 1. The van der Waals surface area contributed by atoms with Gasteiger partial charge in [0, 0.05) is 34.3 Å². The van der Waals surface area contributed by atoms with Crippen LogP contribution in [-0.2, 0) is 11.3 Å². The van der Waals surface area contributed by atoms with E-state index in [9.17, 15) is 20.1 Å². The van der Waals surface area contributed by atoms with Crippen molar-refractivity contribution in [1.82, 2.24) is 0 Å². The number of carbonyl (C=O) groups is 1. The van der Waals surface area contributed by atoms with Gasteiger partial charge in [0.25, 0.3) is 0 Å². The maximum atomic E-state index is 12.9. The zero-order chi connectivity index (χ0) is 22.6. The third-order valence-electron chi connectivity index (χ3n) is 7.10. The Balaban J connectivity index is 1.49. The molecular weight excluding hydrogens is 441 g/mol. The summed E-state index contributed by atoms with van der Waals surface area (Å²) < 4.78 is 5.86. The van der Waals surface area contributed by atoms with Gasteiger partial charge in [0.1, 0.15) is 22.7 Å². The first-order chi connectivity index (χ1) is 14.5. The molecule has 0 amide bonds. The number of rotatable bonds is 5. The fraction of sp³-hybridized carbons (Fsp3) is 0.435. The predicted molar refractivity (Wildman–Crippen MR) is 119 cm³/mol. The van der Waals surface area contributed by atoms with Crippen LogP contribution in [0.15, 0.2) is 30.3 Å².